The van der Waals surface area contributed by atoms with Crippen molar-refractivity contribution >= 4 is 49.6 Å². The van der Waals surface area contributed by atoms with Crippen molar-refractivity contribution in [2.45, 2.75) is 13.5 Å². The molecule has 0 saturated carbocycles. The van der Waals surface area contributed by atoms with Crippen LogP contribution in [0.5, 0.6) is 0 Å². The summed E-state index contributed by atoms with van der Waals surface area (Å²) < 4.78 is 5.40. The minimum absolute atomic E-state index is 0.134. The average Bonchev–Trinajstić information content (AvgIpc) is 3.25. The monoisotopic (exact) mass is 358 g/mol. The van der Waals surface area contributed by atoms with Crippen molar-refractivity contribution in [1.29, 1.82) is 0 Å². The number of para-hydroxylation sites is 2. The number of H-pyrrole nitrogens is 2. The van der Waals surface area contributed by atoms with Gasteiger partial charge in [-0.05, 0) is 19.1 Å². The number of aromatic amines is 2. The molecule has 5 aromatic rings. The second-order valence-electron chi connectivity index (χ2n) is 6.57. The van der Waals surface area contributed by atoms with E-state index in [2.05, 4.69) is 9.97 Å². The zero-order valence-corrected chi connectivity index (χ0v) is 14.8. The van der Waals surface area contributed by atoms with Crippen molar-refractivity contribution in [1.82, 2.24) is 9.97 Å². The molecule has 0 saturated heterocycles. The molecule has 5 nitrogen and oxygen atoms in total. The number of fused-ring (bicyclic) bond motifs is 6. The lowest BCUT2D eigenvalue weighted by molar-refractivity contribution is 0.0531. The van der Waals surface area contributed by atoms with E-state index in [-0.39, 0.29) is 12.6 Å². The second-order valence-corrected chi connectivity index (χ2v) is 6.57. The molecule has 0 bridgehead atoms. The van der Waals surface area contributed by atoms with Crippen molar-refractivity contribution in [3.63, 3.8) is 0 Å². The van der Waals surface area contributed by atoms with E-state index in [1.54, 1.807) is 6.92 Å². The number of hydrogen-bond acceptors (Lipinski definition) is 3. The third-order valence-corrected chi connectivity index (χ3v) is 5.15. The molecule has 0 aliphatic carbocycles. The smallest absolute Gasteiger partial charge is 0.340 e. The van der Waals surface area contributed by atoms with Gasteiger partial charge >= 0.3 is 5.97 Å². The minimum Gasteiger partial charge on any atom is -0.462 e. The third kappa shape index (κ3) is 2.12. The molecule has 2 heterocycles. The molecule has 0 amide bonds. The maximum Gasteiger partial charge on any atom is 0.340 e. The van der Waals surface area contributed by atoms with Crippen molar-refractivity contribution in [2.24, 2.45) is 0 Å². The Morgan fingerprint density at radius 1 is 0.926 bits per heavy atom. The first-order valence-corrected chi connectivity index (χ1v) is 8.98. The standard InChI is InChI=1S/C22H18N2O3/c1-2-27-22(26)19-18-13-8-4-6-10-16(13)23-20(18)14(11-25)17-12-7-3-5-9-15(12)24-21(17)19/h3-10,23-25H,2,11H2,1H3. The number of aromatic nitrogens is 2. The summed E-state index contributed by atoms with van der Waals surface area (Å²) in [5.41, 5.74) is 4.61. The van der Waals surface area contributed by atoms with Crippen LogP contribution in [0.2, 0.25) is 0 Å². The summed E-state index contributed by atoms with van der Waals surface area (Å²) in [4.78, 5) is 19.8. The van der Waals surface area contributed by atoms with E-state index in [9.17, 15) is 9.90 Å². The summed E-state index contributed by atoms with van der Waals surface area (Å²) in [5, 5.41) is 13.8. The molecule has 0 radical (unpaired) electrons. The van der Waals surface area contributed by atoms with Crippen LogP contribution in [0.1, 0.15) is 22.8 Å². The first kappa shape index (κ1) is 15.9. The van der Waals surface area contributed by atoms with Gasteiger partial charge in [0.25, 0.3) is 0 Å². The number of rotatable bonds is 3. The number of aliphatic hydroxyl groups excluding tert-OH is 1. The maximum atomic E-state index is 13.0. The van der Waals surface area contributed by atoms with Gasteiger partial charge in [-0.15, -0.1) is 0 Å². The van der Waals surface area contributed by atoms with Gasteiger partial charge in [-0.1, -0.05) is 36.4 Å². The highest BCUT2D eigenvalue weighted by Gasteiger charge is 2.25. The molecule has 27 heavy (non-hydrogen) atoms. The second kappa shape index (κ2) is 5.86. The molecule has 0 atom stereocenters. The molecule has 3 aromatic carbocycles. The van der Waals surface area contributed by atoms with E-state index in [4.69, 9.17) is 4.74 Å². The minimum atomic E-state index is -0.367. The molecule has 0 fully saturated rings. The predicted octanol–water partition coefficient (Wildman–Crippen LogP) is 4.62. The lowest BCUT2D eigenvalue weighted by atomic mass is 9.97. The quantitative estimate of drug-likeness (QED) is 0.412. The van der Waals surface area contributed by atoms with E-state index in [1.165, 1.54) is 0 Å². The Labute approximate surface area is 154 Å². The number of hydrogen-bond donors (Lipinski definition) is 3. The fourth-order valence-electron chi connectivity index (χ4n) is 4.09. The van der Waals surface area contributed by atoms with E-state index >= 15 is 0 Å². The number of benzene rings is 3. The van der Waals surface area contributed by atoms with Crippen LogP contribution >= 0.6 is 0 Å². The number of aliphatic hydroxyl groups is 1. The Bertz CT molecular complexity index is 1340. The summed E-state index contributed by atoms with van der Waals surface area (Å²) in [6.07, 6.45) is 0. The zero-order valence-electron chi connectivity index (χ0n) is 14.8. The Kier molecular flexibility index (Phi) is 3.45. The van der Waals surface area contributed by atoms with Gasteiger partial charge in [0.05, 0.1) is 29.8 Å². The van der Waals surface area contributed by atoms with Crippen molar-refractivity contribution in [3.8, 4) is 0 Å². The van der Waals surface area contributed by atoms with Gasteiger partial charge in [0.1, 0.15) is 0 Å². The van der Waals surface area contributed by atoms with Crippen LogP contribution in [0, 0.1) is 0 Å². The van der Waals surface area contributed by atoms with Gasteiger partial charge in [-0.3, -0.25) is 0 Å². The number of ether oxygens (including phenoxy) is 1. The maximum absolute atomic E-state index is 13.0. The van der Waals surface area contributed by atoms with Crippen molar-refractivity contribution in [2.75, 3.05) is 6.61 Å². The van der Waals surface area contributed by atoms with E-state index in [0.29, 0.717) is 17.7 Å². The van der Waals surface area contributed by atoms with Gasteiger partial charge < -0.3 is 19.8 Å². The van der Waals surface area contributed by atoms with Crippen LogP contribution in [0.25, 0.3) is 43.6 Å². The van der Waals surface area contributed by atoms with Gasteiger partial charge in [-0.25, -0.2) is 4.79 Å². The van der Waals surface area contributed by atoms with Crippen LogP contribution in [0.3, 0.4) is 0 Å². The average molecular weight is 358 g/mol. The highest BCUT2D eigenvalue weighted by Crippen LogP contribution is 2.40. The molecular weight excluding hydrogens is 340 g/mol. The highest BCUT2D eigenvalue weighted by atomic mass is 16.5. The molecule has 2 aromatic heterocycles. The van der Waals surface area contributed by atoms with E-state index in [1.807, 2.05) is 48.5 Å². The Balaban J connectivity index is 2.10. The summed E-state index contributed by atoms with van der Waals surface area (Å²) in [5.74, 6) is -0.367. The first-order valence-electron chi connectivity index (χ1n) is 8.98. The van der Waals surface area contributed by atoms with Crippen LogP contribution in [-0.4, -0.2) is 27.7 Å². The fourth-order valence-corrected chi connectivity index (χ4v) is 4.09. The Morgan fingerprint density at radius 2 is 1.52 bits per heavy atom. The summed E-state index contributed by atoms with van der Waals surface area (Å²) in [6.45, 7) is 1.96. The first-order chi connectivity index (χ1) is 13.2. The number of nitrogens with one attached hydrogen (secondary N) is 2. The topological polar surface area (TPSA) is 78.1 Å². The molecule has 5 heteroatoms. The van der Waals surface area contributed by atoms with E-state index in [0.717, 1.165) is 43.7 Å². The normalized spacial score (nSPS) is 11.8. The van der Waals surface area contributed by atoms with Crippen LogP contribution < -0.4 is 0 Å². The molecule has 5 rings (SSSR count). The van der Waals surface area contributed by atoms with Gasteiger partial charge in [0, 0.05) is 38.1 Å². The lowest BCUT2D eigenvalue weighted by Gasteiger charge is -2.10. The number of carbonyl (C=O) groups is 1. The molecule has 3 N–H and O–H groups in total. The van der Waals surface area contributed by atoms with Gasteiger partial charge in [0.2, 0.25) is 0 Å². The lowest BCUT2D eigenvalue weighted by Crippen LogP contribution is -2.07. The molecule has 0 aliphatic rings. The number of carbonyl (C=O) groups excluding carboxylic acids is 1. The van der Waals surface area contributed by atoms with Gasteiger partial charge in [0.15, 0.2) is 0 Å². The number of esters is 1. The van der Waals surface area contributed by atoms with Gasteiger partial charge in [-0.2, -0.15) is 0 Å². The Morgan fingerprint density at radius 3 is 2.15 bits per heavy atom. The SMILES string of the molecule is CCOC(=O)c1c2[nH]c3ccccc3c2c(CO)c2[nH]c3ccccc3c12. The van der Waals surface area contributed by atoms with Crippen LogP contribution in [-0.2, 0) is 11.3 Å². The zero-order chi connectivity index (χ0) is 18.5. The van der Waals surface area contributed by atoms with Crippen LogP contribution in [0.4, 0.5) is 0 Å². The van der Waals surface area contributed by atoms with E-state index < -0.39 is 0 Å². The van der Waals surface area contributed by atoms with Crippen LogP contribution in [0.15, 0.2) is 48.5 Å². The fraction of sp³-hybridized carbons (Fsp3) is 0.136. The predicted molar refractivity (Wildman–Crippen MR) is 107 cm³/mol. The summed E-state index contributed by atoms with van der Waals surface area (Å²) >= 11 is 0. The molecule has 0 aliphatic heterocycles. The summed E-state index contributed by atoms with van der Waals surface area (Å²) in [7, 11) is 0. The molecule has 0 unspecified atom stereocenters. The summed E-state index contributed by atoms with van der Waals surface area (Å²) in [6, 6.07) is 15.7. The molecule has 0 spiro atoms. The Hall–Kier alpha value is -3.31. The largest absolute Gasteiger partial charge is 0.462 e. The molecular formula is C22H18N2O3. The third-order valence-electron chi connectivity index (χ3n) is 5.15. The highest BCUT2D eigenvalue weighted by molar-refractivity contribution is 6.28. The van der Waals surface area contributed by atoms with Crippen molar-refractivity contribution < 1.29 is 14.6 Å². The van der Waals surface area contributed by atoms with Crippen molar-refractivity contribution in [3.05, 3.63) is 59.7 Å². The molecule has 134 valence electrons.